The summed E-state index contributed by atoms with van der Waals surface area (Å²) in [7, 11) is 0. The Morgan fingerprint density at radius 1 is 1.27 bits per heavy atom. The number of benzene rings is 1. The molecule has 22 heavy (non-hydrogen) atoms. The van der Waals surface area contributed by atoms with Crippen molar-refractivity contribution in [2.75, 3.05) is 0 Å². The first kappa shape index (κ1) is 13.8. The van der Waals surface area contributed by atoms with Gasteiger partial charge in [-0.25, -0.2) is 4.68 Å². The van der Waals surface area contributed by atoms with Crippen LogP contribution in [0.25, 0.3) is 16.8 Å². The Bertz CT molecular complexity index is 873. The van der Waals surface area contributed by atoms with E-state index in [0.717, 1.165) is 22.4 Å². The number of terminal acetylenes is 1. The normalized spacial score (nSPS) is 10.2. The molecule has 0 aliphatic heterocycles. The summed E-state index contributed by atoms with van der Waals surface area (Å²) >= 11 is 0. The largest absolute Gasteiger partial charge is 0.293 e. The molecule has 1 aromatic carbocycles. The van der Waals surface area contributed by atoms with Crippen LogP contribution < -0.4 is 0 Å². The first-order valence-electron chi connectivity index (χ1n) is 6.77. The summed E-state index contributed by atoms with van der Waals surface area (Å²) < 4.78 is 1.67. The van der Waals surface area contributed by atoms with Crippen LogP contribution in [0, 0.1) is 12.3 Å². The highest BCUT2D eigenvalue weighted by Crippen LogP contribution is 2.24. The molecule has 0 saturated carbocycles. The molecule has 0 spiro atoms. The molecule has 0 unspecified atom stereocenters. The van der Waals surface area contributed by atoms with E-state index in [2.05, 4.69) is 16.0 Å². The number of aromatic nitrogens is 3. The van der Waals surface area contributed by atoms with Gasteiger partial charge >= 0.3 is 0 Å². The lowest BCUT2D eigenvalue weighted by Gasteiger charge is -2.01. The Hall–Kier alpha value is -3.19. The van der Waals surface area contributed by atoms with Crippen molar-refractivity contribution in [3.8, 4) is 29.2 Å². The minimum Gasteiger partial charge on any atom is -0.293 e. The number of ketones is 1. The number of hydrogen-bond acceptors (Lipinski definition) is 3. The minimum absolute atomic E-state index is 0.0919. The molecule has 4 heteroatoms. The summed E-state index contributed by atoms with van der Waals surface area (Å²) in [5, 5.41) is 4.40. The Balaban J connectivity index is 2.15. The Labute approximate surface area is 128 Å². The Kier molecular flexibility index (Phi) is 3.55. The van der Waals surface area contributed by atoms with E-state index in [0.29, 0.717) is 5.69 Å². The second-order valence-electron chi connectivity index (χ2n) is 4.83. The molecule has 2 aromatic heterocycles. The van der Waals surface area contributed by atoms with Crippen LogP contribution in [0.3, 0.4) is 0 Å². The molecule has 2 heterocycles. The first-order valence-corrected chi connectivity index (χ1v) is 6.77. The monoisotopic (exact) mass is 287 g/mol. The zero-order valence-corrected chi connectivity index (χ0v) is 12.0. The van der Waals surface area contributed by atoms with Crippen molar-refractivity contribution in [3.63, 3.8) is 0 Å². The van der Waals surface area contributed by atoms with Gasteiger partial charge in [-0.05, 0) is 24.3 Å². The lowest BCUT2D eigenvalue weighted by molar-refractivity contribution is 0.101. The fraction of sp³-hybridized carbons (Fsp3) is 0.0556. The number of Topliss-reactive ketones (excluding diaryl/α,β-unsaturated/α-hetero) is 1. The SMILES string of the molecule is C#Cc1cccc(-n2cc(-c3cccnc3)c(C(C)=O)n2)c1. The van der Waals surface area contributed by atoms with Gasteiger partial charge in [-0.3, -0.25) is 9.78 Å². The molecule has 3 rings (SSSR count). The van der Waals surface area contributed by atoms with Gasteiger partial charge in [0.15, 0.2) is 5.78 Å². The maximum absolute atomic E-state index is 11.9. The standard InChI is InChI=1S/C18H13N3O/c1-3-14-6-4-8-16(10-14)21-12-17(18(20-21)13(2)22)15-7-5-9-19-11-15/h1,4-12H,2H3. The maximum atomic E-state index is 11.9. The van der Waals surface area contributed by atoms with E-state index in [9.17, 15) is 4.79 Å². The molecule has 0 radical (unpaired) electrons. The number of hydrogen-bond donors (Lipinski definition) is 0. The van der Waals surface area contributed by atoms with Crippen LogP contribution in [0.15, 0.2) is 55.0 Å². The van der Waals surface area contributed by atoms with E-state index < -0.39 is 0 Å². The molecular weight excluding hydrogens is 274 g/mol. The van der Waals surface area contributed by atoms with Gasteiger partial charge < -0.3 is 0 Å². The van der Waals surface area contributed by atoms with Crippen molar-refractivity contribution in [3.05, 3.63) is 66.2 Å². The lowest BCUT2D eigenvalue weighted by Crippen LogP contribution is -1.99. The quantitative estimate of drug-likeness (QED) is 0.549. The highest BCUT2D eigenvalue weighted by molar-refractivity contribution is 5.98. The van der Waals surface area contributed by atoms with Crippen molar-refractivity contribution < 1.29 is 4.79 Å². The number of pyridine rings is 1. The third-order valence-electron chi connectivity index (χ3n) is 3.30. The van der Waals surface area contributed by atoms with Gasteiger partial charge in [-0.2, -0.15) is 5.10 Å². The van der Waals surface area contributed by atoms with Crippen LogP contribution in [0.2, 0.25) is 0 Å². The van der Waals surface area contributed by atoms with E-state index in [1.807, 2.05) is 42.6 Å². The van der Waals surface area contributed by atoms with Crippen molar-refractivity contribution >= 4 is 5.78 Å². The molecule has 0 aliphatic rings. The fourth-order valence-corrected chi connectivity index (χ4v) is 2.24. The molecule has 0 aliphatic carbocycles. The number of nitrogens with zero attached hydrogens (tertiary/aromatic N) is 3. The van der Waals surface area contributed by atoms with Crippen LogP contribution in [0.5, 0.6) is 0 Å². The average molecular weight is 287 g/mol. The second-order valence-corrected chi connectivity index (χ2v) is 4.83. The van der Waals surface area contributed by atoms with Crippen LogP contribution in [0.4, 0.5) is 0 Å². The predicted octanol–water partition coefficient (Wildman–Crippen LogP) is 3.12. The van der Waals surface area contributed by atoms with Gasteiger partial charge in [0.1, 0.15) is 5.69 Å². The van der Waals surface area contributed by atoms with Crippen molar-refractivity contribution in [1.29, 1.82) is 0 Å². The first-order chi connectivity index (χ1) is 10.7. The van der Waals surface area contributed by atoms with E-state index >= 15 is 0 Å². The molecule has 0 atom stereocenters. The average Bonchev–Trinajstić information content (AvgIpc) is 3.01. The molecule has 106 valence electrons. The third kappa shape index (κ3) is 2.52. The number of rotatable bonds is 3. The summed E-state index contributed by atoms with van der Waals surface area (Å²) in [4.78, 5) is 16.0. The number of carbonyl (C=O) groups excluding carboxylic acids is 1. The van der Waals surface area contributed by atoms with E-state index in [1.54, 1.807) is 17.1 Å². The zero-order chi connectivity index (χ0) is 15.5. The van der Waals surface area contributed by atoms with Crippen LogP contribution in [-0.4, -0.2) is 20.5 Å². The zero-order valence-electron chi connectivity index (χ0n) is 12.0. The molecule has 0 bridgehead atoms. The summed E-state index contributed by atoms with van der Waals surface area (Å²) in [6, 6.07) is 11.2. The van der Waals surface area contributed by atoms with Crippen LogP contribution in [0.1, 0.15) is 23.0 Å². The summed E-state index contributed by atoms with van der Waals surface area (Å²) in [6.07, 6.45) is 10.7. The van der Waals surface area contributed by atoms with Crippen molar-refractivity contribution in [1.82, 2.24) is 14.8 Å². The Morgan fingerprint density at radius 3 is 2.82 bits per heavy atom. The molecule has 0 amide bonds. The molecule has 0 saturated heterocycles. The maximum Gasteiger partial charge on any atom is 0.180 e. The van der Waals surface area contributed by atoms with Gasteiger partial charge in [0.25, 0.3) is 0 Å². The smallest absolute Gasteiger partial charge is 0.180 e. The van der Waals surface area contributed by atoms with Gasteiger partial charge in [-0.1, -0.05) is 18.1 Å². The molecular formula is C18H13N3O. The molecule has 3 aromatic rings. The van der Waals surface area contributed by atoms with Crippen molar-refractivity contribution in [2.24, 2.45) is 0 Å². The van der Waals surface area contributed by atoms with Crippen LogP contribution in [-0.2, 0) is 0 Å². The van der Waals surface area contributed by atoms with Gasteiger partial charge in [-0.15, -0.1) is 6.42 Å². The van der Waals surface area contributed by atoms with Gasteiger partial charge in [0, 0.05) is 42.2 Å². The summed E-state index contributed by atoms with van der Waals surface area (Å²) in [5.74, 6) is 2.50. The van der Waals surface area contributed by atoms with Crippen molar-refractivity contribution in [2.45, 2.75) is 6.92 Å². The van der Waals surface area contributed by atoms with E-state index in [1.165, 1.54) is 6.92 Å². The number of carbonyl (C=O) groups is 1. The minimum atomic E-state index is -0.0919. The third-order valence-corrected chi connectivity index (χ3v) is 3.30. The lowest BCUT2D eigenvalue weighted by atomic mass is 10.1. The molecule has 0 fully saturated rings. The van der Waals surface area contributed by atoms with Gasteiger partial charge in [0.05, 0.1) is 5.69 Å². The van der Waals surface area contributed by atoms with E-state index in [-0.39, 0.29) is 5.78 Å². The van der Waals surface area contributed by atoms with Crippen LogP contribution >= 0.6 is 0 Å². The topological polar surface area (TPSA) is 47.8 Å². The van der Waals surface area contributed by atoms with E-state index in [4.69, 9.17) is 6.42 Å². The molecule has 4 nitrogen and oxygen atoms in total. The molecule has 0 N–H and O–H groups in total. The Morgan fingerprint density at radius 2 is 2.14 bits per heavy atom. The highest BCUT2D eigenvalue weighted by atomic mass is 16.1. The predicted molar refractivity (Wildman–Crippen MR) is 84.7 cm³/mol. The summed E-state index contributed by atoms with van der Waals surface area (Å²) in [5.41, 5.74) is 3.60. The van der Waals surface area contributed by atoms with Gasteiger partial charge in [0.2, 0.25) is 0 Å². The summed E-state index contributed by atoms with van der Waals surface area (Å²) in [6.45, 7) is 1.50. The second kappa shape index (κ2) is 5.66. The fourth-order valence-electron chi connectivity index (χ4n) is 2.24. The highest BCUT2D eigenvalue weighted by Gasteiger charge is 2.15.